The van der Waals surface area contributed by atoms with Crippen molar-refractivity contribution in [2.75, 3.05) is 51.0 Å². The van der Waals surface area contributed by atoms with E-state index >= 15 is 0 Å². The van der Waals surface area contributed by atoms with Crippen LogP contribution in [0.25, 0.3) is 17.1 Å². The van der Waals surface area contributed by atoms with Crippen LogP contribution in [0.5, 0.6) is 6.01 Å². The van der Waals surface area contributed by atoms with E-state index in [4.69, 9.17) is 19.3 Å². The first-order chi connectivity index (χ1) is 14.7. The van der Waals surface area contributed by atoms with E-state index in [1.807, 2.05) is 24.4 Å². The second-order valence-corrected chi connectivity index (χ2v) is 7.70. The van der Waals surface area contributed by atoms with E-state index in [2.05, 4.69) is 40.0 Å². The lowest BCUT2D eigenvalue weighted by atomic mass is 10.1. The molecule has 3 aromatic rings. The Balaban J connectivity index is 1.45. The number of aromatic nitrogens is 4. The van der Waals surface area contributed by atoms with Crippen molar-refractivity contribution in [3.63, 3.8) is 0 Å². The molecule has 2 aliphatic heterocycles. The molecule has 2 saturated heterocycles. The third-order valence-corrected chi connectivity index (χ3v) is 5.31. The topological polar surface area (TPSA) is 74.5 Å². The van der Waals surface area contributed by atoms with Gasteiger partial charge in [0.2, 0.25) is 0 Å². The number of hydrogen-bond acceptors (Lipinski definition) is 7. The Kier molecular flexibility index (Phi) is 5.33. The first-order valence-electron chi connectivity index (χ1n) is 10.3. The second kappa shape index (κ2) is 8.41. The fraction of sp³-hybridized carbons (Fsp3) is 0.409. The highest BCUT2D eigenvalue weighted by atomic mass is 16.5. The van der Waals surface area contributed by atoms with Gasteiger partial charge in [0.15, 0.2) is 5.82 Å². The van der Waals surface area contributed by atoms with Crippen molar-refractivity contribution in [3.05, 3.63) is 48.2 Å². The molecule has 0 atom stereocenters. The maximum atomic E-state index is 5.91. The molecule has 8 nitrogen and oxygen atoms in total. The van der Waals surface area contributed by atoms with E-state index in [-0.39, 0.29) is 0 Å². The molecule has 1 aromatic carbocycles. The highest BCUT2D eigenvalue weighted by molar-refractivity contribution is 5.60. The number of morpholine rings is 1. The molecule has 0 amide bonds. The highest BCUT2D eigenvalue weighted by Gasteiger charge is 2.21. The molecule has 2 fully saturated rings. The van der Waals surface area contributed by atoms with Gasteiger partial charge in [0.25, 0.3) is 0 Å². The molecule has 0 radical (unpaired) electrons. The van der Waals surface area contributed by atoms with Crippen molar-refractivity contribution in [3.8, 4) is 23.1 Å². The molecular formula is C22H25N5O3. The van der Waals surface area contributed by atoms with Crippen molar-refractivity contribution in [2.45, 2.75) is 6.92 Å². The lowest BCUT2D eigenvalue weighted by Crippen LogP contribution is -2.37. The molecule has 4 heterocycles. The molecule has 0 bridgehead atoms. The van der Waals surface area contributed by atoms with Gasteiger partial charge in [0.05, 0.1) is 38.7 Å². The maximum absolute atomic E-state index is 5.91. The van der Waals surface area contributed by atoms with Crippen molar-refractivity contribution in [1.82, 2.24) is 19.7 Å². The van der Waals surface area contributed by atoms with E-state index < -0.39 is 0 Å². The summed E-state index contributed by atoms with van der Waals surface area (Å²) < 4.78 is 18.4. The Morgan fingerprint density at radius 2 is 1.87 bits per heavy atom. The number of rotatable bonds is 6. The number of aryl methyl sites for hydroxylation is 1. The summed E-state index contributed by atoms with van der Waals surface area (Å²) in [7, 11) is 0. The van der Waals surface area contributed by atoms with E-state index in [9.17, 15) is 0 Å². The SMILES string of the molecule is Cc1cccc(-c2ccn(-c3cc(N4CCOCC4)nc(OCC4COC4)n3)n2)c1. The van der Waals surface area contributed by atoms with Crippen LogP contribution in [-0.4, -0.2) is 65.9 Å². The lowest BCUT2D eigenvalue weighted by Gasteiger charge is -2.28. The van der Waals surface area contributed by atoms with Gasteiger partial charge in [0.1, 0.15) is 5.82 Å². The zero-order valence-corrected chi connectivity index (χ0v) is 17.0. The minimum absolute atomic E-state index is 0.369. The van der Waals surface area contributed by atoms with Crippen LogP contribution in [0, 0.1) is 12.8 Å². The second-order valence-electron chi connectivity index (χ2n) is 7.70. The summed E-state index contributed by atoms with van der Waals surface area (Å²) in [5.41, 5.74) is 3.19. The number of hydrogen-bond donors (Lipinski definition) is 0. The summed E-state index contributed by atoms with van der Waals surface area (Å²) in [4.78, 5) is 11.5. The van der Waals surface area contributed by atoms with Crippen LogP contribution in [0.1, 0.15) is 5.56 Å². The predicted octanol–water partition coefficient (Wildman–Crippen LogP) is 2.50. The standard InChI is InChI=1S/C22H25N5O3/c1-16-3-2-4-18(11-16)19-5-6-27(25-19)21-12-20(26-7-9-28-10-8-26)23-22(24-21)30-15-17-13-29-14-17/h2-6,11-12,17H,7-10,13-15H2,1H3. The van der Waals surface area contributed by atoms with Crippen LogP contribution in [-0.2, 0) is 9.47 Å². The van der Waals surface area contributed by atoms with Crippen molar-refractivity contribution in [2.24, 2.45) is 5.92 Å². The van der Waals surface area contributed by atoms with Gasteiger partial charge in [-0.3, -0.25) is 0 Å². The smallest absolute Gasteiger partial charge is 0.320 e. The maximum Gasteiger partial charge on any atom is 0.320 e. The van der Waals surface area contributed by atoms with Crippen LogP contribution < -0.4 is 9.64 Å². The van der Waals surface area contributed by atoms with Gasteiger partial charge in [-0.1, -0.05) is 23.8 Å². The van der Waals surface area contributed by atoms with Gasteiger partial charge in [-0.15, -0.1) is 0 Å². The molecule has 0 N–H and O–H groups in total. The number of benzene rings is 1. The lowest BCUT2D eigenvalue weighted by molar-refractivity contribution is -0.0520. The molecule has 156 valence electrons. The van der Waals surface area contributed by atoms with Crippen LogP contribution >= 0.6 is 0 Å². The normalized spacial score (nSPS) is 17.0. The molecule has 0 unspecified atom stereocenters. The Morgan fingerprint density at radius 3 is 2.63 bits per heavy atom. The quantitative estimate of drug-likeness (QED) is 0.621. The van der Waals surface area contributed by atoms with Crippen molar-refractivity contribution < 1.29 is 14.2 Å². The molecule has 0 spiro atoms. The average molecular weight is 407 g/mol. The molecule has 5 rings (SSSR count). The first-order valence-corrected chi connectivity index (χ1v) is 10.3. The van der Waals surface area contributed by atoms with Gasteiger partial charge in [-0.2, -0.15) is 15.1 Å². The molecule has 2 aromatic heterocycles. The van der Waals surface area contributed by atoms with E-state index in [1.165, 1.54) is 5.56 Å². The van der Waals surface area contributed by atoms with E-state index in [0.29, 0.717) is 37.6 Å². The Hall–Kier alpha value is -2.97. The third kappa shape index (κ3) is 4.15. The summed E-state index contributed by atoms with van der Waals surface area (Å²) in [5.74, 6) is 1.92. The molecule has 0 saturated carbocycles. The summed E-state index contributed by atoms with van der Waals surface area (Å²) in [6.45, 7) is 7.06. The van der Waals surface area contributed by atoms with Crippen molar-refractivity contribution in [1.29, 1.82) is 0 Å². The summed E-state index contributed by atoms with van der Waals surface area (Å²) in [6.07, 6.45) is 1.92. The summed E-state index contributed by atoms with van der Waals surface area (Å²) in [5, 5.41) is 4.75. The largest absolute Gasteiger partial charge is 0.463 e. The van der Waals surface area contributed by atoms with E-state index in [1.54, 1.807) is 4.68 Å². The Bertz CT molecular complexity index is 1010. The molecule has 2 aliphatic rings. The number of nitrogens with zero attached hydrogens (tertiary/aromatic N) is 5. The number of anilines is 1. The average Bonchev–Trinajstić information content (AvgIpc) is 3.24. The van der Waals surface area contributed by atoms with Gasteiger partial charge in [-0.25, -0.2) is 4.68 Å². The van der Waals surface area contributed by atoms with Crippen LogP contribution in [0.3, 0.4) is 0 Å². The highest BCUT2D eigenvalue weighted by Crippen LogP contribution is 2.23. The summed E-state index contributed by atoms with van der Waals surface area (Å²) in [6, 6.07) is 12.6. The third-order valence-electron chi connectivity index (χ3n) is 5.31. The Morgan fingerprint density at radius 1 is 1.03 bits per heavy atom. The monoisotopic (exact) mass is 407 g/mol. The Labute approximate surface area is 175 Å². The van der Waals surface area contributed by atoms with Crippen molar-refractivity contribution >= 4 is 5.82 Å². The summed E-state index contributed by atoms with van der Waals surface area (Å²) >= 11 is 0. The fourth-order valence-corrected chi connectivity index (χ4v) is 3.52. The zero-order chi connectivity index (χ0) is 20.3. The predicted molar refractivity (Wildman–Crippen MR) is 112 cm³/mol. The van der Waals surface area contributed by atoms with Crippen LogP contribution in [0.4, 0.5) is 5.82 Å². The van der Waals surface area contributed by atoms with Gasteiger partial charge >= 0.3 is 6.01 Å². The van der Waals surface area contributed by atoms with Gasteiger partial charge < -0.3 is 19.1 Å². The minimum atomic E-state index is 0.369. The fourth-order valence-electron chi connectivity index (χ4n) is 3.52. The molecule has 8 heteroatoms. The van der Waals surface area contributed by atoms with Gasteiger partial charge in [0, 0.05) is 36.8 Å². The zero-order valence-electron chi connectivity index (χ0n) is 17.0. The van der Waals surface area contributed by atoms with Crippen LogP contribution in [0.15, 0.2) is 42.6 Å². The molecular weight excluding hydrogens is 382 g/mol. The van der Waals surface area contributed by atoms with E-state index in [0.717, 1.165) is 43.4 Å². The first kappa shape index (κ1) is 19.0. The van der Waals surface area contributed by atoms with Gasteiger partial charge in [-0.05, 0) is 19.1 Å². The minimum Gasteiger partial charge on any atom is -0.463 e. The molecule has 30 heavy (non-hydrogen) atoms. The molecule has 0 aliphatic carbocycles. The number of ether oxygens (including phenoxy) is 3. The van der Waals surface area contributed by atoms with Crippen LogP contribution in [0.2, 0.25) is 0 Å².